The number of likely N-dealkylation sites (tertiary alicyclic amines) is 1. The van der Waals surface area contributed by atoms with Gasteiger partial charge in [0.25, 0.3) is 0 Å². The molecule has 1 aromatic rings. The van der Waals surface area contributed by atoms with Gasteiger partial charge in [0.2, 0.25) is 11.8 Å². The van der Waals surface area contributed by atoms with Gasteiger partial charge in [0.05, 0.1) is 18.4 Å². The summed E-state index contributed by atoms with van der Waals surface area (Å²) in [5.41, 5.74) is 0.974. The summed E-state index contributed by atoms with van der Waals surface area (Å²) in [6.07, 6.45) is 2.95. The molecule has 1 aromatic carbocycles. The average Bonchev–Trinajstić information content (AvgIpc) is 2.65. The molecule has 1 fully saturated rings. The Morgan fingerprint density at radius 1 is 1.11 bits per heavy atom. The summed E-state index contributed by atoms with van der Waals surface area (Å²) in [7, 11) is 0. The first-order valence-electron chi connectivity index (χ1n) is 6.40. The molecule has 0 N–H and O–H groups in total. The van der Waals surface area contributed by atoms with Crippen LogP contribution in [0.5, 0.6) is 0 Å². The summed E-state index contributed by atoms with van der Waals surface area (Å²) < 4.78 is 0. The predicted molar refractivity (Wildman–Crippen MR) is 72.1 cm³/mol. The molecule has 1 aliphatic heterocycles. The molecule has 2 amide bonds. The lowest BCUT2D eigenvalue weighted by Gasteiger charge is -2.17. The van der Waals surface area contributed by atoms with Crippen molar-refractivity contribution in [1.82, 2.24) is 4.90 Å². The lowest BCUT2D eigenvalue weighted by atomic mass is 9.85. The van der Waals surface area contributed by atoms with E-state index in [9.17, 15) is 9.59 Å². The number of halogens is 1. The smallest absolute Gasteiger partial charge is 0.233 e. The van der Waals surface area contributed by atoms with Crippen molar-refractivity contribution in [2.75, 3.05) is 0 Å². The highest BCUT2D eigenvalue weighted by atomic mass is 35.5. The van der Waals surface area contributed by atoms with Crippen LogP contribution in [0.3, 0.4) is 0 Å². The molecule has 0 spiro atoms. The zero-order chi connectivity index (χ0) is 13.4. The largest absolute Gasteiger partial charge is 0.278 e. The van der Waals surface area contributed by atoms with E-state index in [2.05, 4.69) is 0 Å². The van der Waals surface area contributed by atoms with Gasteiger partial charge in [-0.1, -0.05) is 48.0 Å². The van der Waals surface area contributed by atoms with Gasteiger partial charge >= 0.3 is 0 Å². The van der Waals surface area contributed by atoms with Crippen molar-refractivity contribution >= 4 is 23.4 Å². The molecule has 4 heteroatoms. The summed E-state index contributed by atoms with van der Waals surface area (Å²) in [5, 5.41) is 0.698. The molecule has 1 saturated heterocycles. The SMILES string of the molecule is O=C1[C@H]2CC=C(Cl)C[C@H]2C(=O)N1Cc1ccccc1. The molecule has 98 valence electrons. The molecule has 1 aliphatic carbocycles. The van der Waals surface area contributed by atoms with E-state index in [4.69, 9.17) is 11.6 Å². The molecule has 0 radical (unpaired) electrons. The molecule has 2 atom stereocenters. The molecule has 0 saturated carbocycles. The van der Waals surface area contributed by atoms with Crippen LogP contribution < -0.4 is 0 Å². The minimum atomic E-state index is -0.256. The number of nitrogens with zero attached hydrogens (tertiary/aromatic N) is 1. The van der Waals surface area contributed by atoms with E-state index in [1.165, 1.54) is 4.90 Å². The summed E-state index contributed by atoms with van der Waals surface area (Å²) in [4.78, 5) is 26.0. The van der Waals surface area contributed by atoms with Crippen LogP contribution in [0.4, 0.5) is 0 Å². The topological polar surface area (TPSA) is 37.4 Å². The van der Waals surface area contributed by atoms with Gasteiger partial charge < -0.3 is 0 Å². The third-order valence-electron chi connectivity index (χ3n) is 3.84. The highest BCUT2D eigenvalue weighted by Gasteiger charge is 2.48. The van der Waals surface area contributed by atoms with E-state index in [0.29, 0.717) is 24.4 Å². The van der Waals surface area contributed by atoms with Gasteiger partial charge in [-0.15, -0.1) is 0 Å². The van der Waals surface area contributed by atoms with Gasteiger partial charge in [-0.2, -0.15) is 0 Å². The first-order valence-corrected chi connectivity index (χ1v) is 6.78. The number of fused-ring (bicyclic) bond motifs is 1. The molecule has 2 aliphatic rings. The van der Waals surface area contributed by atoms with Gasteiger partial charge in [0.1, 0.15) is 0 Å². The Morgan fingerprint density at radius 3 is 2.53 bits per heavy atom. The second-order valence-corrected chi connectivity index (χ2v) is 5.54. The van der Waals surface area contributed by atoms with Gasteiger partial charge in [0.15, 0.2) is 0 Å². The molecule has 0 unspecified atom stereocenters. The summed E-state index contributed by atoms with van der Waals surface area (Å²) in [6, 6.07) is 9.58. The minimum absolute atomic E-state index is 0.0562. The van der Waals surface area contributed by atoms with Crippen molar-refractivity contribution in [3.63, 3.8) is 0 Å². The number of carbonyl (C=O) groups excluding carboxylic acids is 2. The zero-order valence-electron chi connectivity index (χ0n) is 10.4. The van der Waals surface area contributed by atoms with Gasteiger partial charge in [-0.25, -0.2) is 0 Å². The number of hydrogen-bond donors (Lipinski definition) is 0. The lowest BCUT2D eigenvalue weighted by molar-refractivity contribution is -0.140. The fourth-order valence-corrected chi connectivity index (χ4v) is 3.07. The molecular weight excluding hydrogens is 262 g/mol. The second-order valence-electron chi connectivity index (χ2n) is 5.05. The van der Waals surface area contributed by atoms with Gasteiger partial charge in [0, 0.05) is 5.03 Å². The Balaban J connectivity index is 1.82. The van der Waals surface area contributed by atoms with E-state index in [-0.39, 0.29) is 23.7 Å². The van der Waals surface area contributed by atoms with E-state index >= 15 is 0 Å². The average molecular weight is 276 g/mol. The Labute approximate surface area is 116 Å². The second kappa shape index (κ2) is 4.82. The number of rotatable bonds is 2. The van der Waals surface area contributed by atoms with Crippen molar-refractivity contribution in [3.05, 3.63) is 47.0 Å². The fourth-order valence-electron chi connectivity index (χ4n) is 2.82. The lowest BCUT2D eigenvalue weighted by Crippen LogP contribution is -2.30. The Hall–Kier alpha value is -1.61. The van der Waals surface area contributed by atoms with Crippen LogP contribution in [0.25, 0.3) is 0 Å². The number of amides is 2. The van der Waals surface area contributed by atoms with Crippen molar-refractivity contribution < 1.29 is 9.59 Å². The maximum Gasteiger partial charge on any atom is 0.233 e. The van der Waals surface area contributed by atoms with Crippen molar-refractivity contribution in [2.45, 2.75) is 19.4 Å². The van der Waals surface area contributed by atoms with E-state index < -0.39 is 0 Å². The first kappa shape index (κ1) is 12.4. The predicted octanol–water partition coefficient (Wildman–Crippen LogP) is 2.70. The van der Waals surface area contributed by atoms with Crippen LogP contribution >= 0.6 is 11.6 Å². The molecule has 0 aromatic heterocycles. The van der Waals surface area contributed by atoms with Crippen LogP contribution in [0.2, 0.25) is 0 Å². The van der Waals surface area contributed by atoms with Crippen LogP contribution in [-0.4, -0.2) is 16.7 Å². The first-order chi connectivity index (χ1) is 9.16. The number of hydrogen-bond acceptors (Lipinski definition) is 2. The minimum Gasteiger partial charge on any atom is -0.278 e. The maximum absolute atomic E-state index is 12.3. The fraction of sp³-hybridized carbons (Fsp3) is 0.333. The Bertz CT molecular complexity index is 553. The van der Waals surface area contributed by atoms with E-state index in [1.807, 2.05) is 36.4 Å². The summed E-state index contributed by atoms with van der Waals surface area (Å²) in [5.74, 6) is -0.600. The summed E-state index contributed by atoms with van der Waals surface area (Å²) >= 11 is 5.98. The van der Waals surface area contributed by atoms with Crippen LogP contribution in [0.1, 0.15) is 18.4 Å². The third-order valence-corrected chi connectivity index (χ3v) is 4.15. The molecule has 0 bridgehead atoms. The van der Waals surface area contributed by atoms with E-state index in [0.717, 1.165) is 5.56 Å². The van der Waals surface area contributed by atoms with Crippen LogP contribution in [0, 0.1) is 11.8 Å². The highest BCUT2D eigenvalue weighted by Crippen LogP contribution is 2.39. The van der Waals surface area contributed by atoms with E-state index in [1.54, 1.807) is 0 Å². The Morgan fingerprint density at radius 2 is 1.79 bits per heavy atom. The van der Waals surface area contributed by atoms with Gasteiger partial charge in [-0.3, -0.25) is 14.5 Å². The monoisotopic (exact) mass is 275 g/mol. The number of allylic oxidation sites excluding steroid dienone is 2. The van der Waals surface area contributed by atoms with Crippen LogP contribution in [-0.2, 0) is 16.1 Å². The highest BCUT2D eigenvalue weighted by molar-refractivity contribution is 6.30. The zero-order valence-corrected chi connectivity index (χ0v) is 11.1. The molecule has 19 heavy (non-hydrogen) atoms. The quantitative estimate of drug-likeness (QED) is 0.778. The van der Waals surface area contributed by atoms with Crippen LogP contribution in [0.15, 0.2) is 41.4 Å². The molecular formula is C15H14ClNO2. The Kier molecular flexibility index (Phi) is 3.15. The number of benzene rings is 1. The summed E-state index contributed by atoms with van der Waals surface area (Å²) in [6.45, 7) is 0.364. The number of imide groups is 1. The maximum atomic E-state index is 12.3. The standard InChI is InChI=1S/C15H14ClNO2/c16-11-6-7-12-13(8-11)15(19)17(14(12)18)9-10-4-2-1-3-5-10/h1-6,12-13H,7-9H2/t12-,13+/m0/s1. The normalized spacial score (nSPS) is 26.4. The number of carbonyl (C=O) groups is 2. The molecule has 3 nitrogen and oxygen atoms in total. The van der Waals surface area contributed by atoms with Gasteiger partial charge in [-0.05, 0) is 18.4 Å². The van der Waals surface area contributed by atoms with Crippen molar-refractivity contribution in [2.24, 2.45) is 11.8 Å². The third kappa shape index (κ3) is 2.19. The molecule has 3 rings (SSSR count). The molecule has 1 heterocycles. The van der Waals surface area contributed by atoms with Crippen molar-refractivity contribution in [1.29, 1.82) is 0 Å². The van der Waals surface area contributed by atoms with Crippen molar-refractivity contribution in [3.8, 4) is 0 Å².